The number of carbonyl (C=O) groups is 2. The van der Waals surface area contributed by atoms with Crippen LogP contribution in [0.1, 0.15) is 31.1 Å². The van der Waals surface area contributed by atoms with Gasteiger partial charge in [-0.3, -0.25) is 4.79 Å². The Labute approximate surface area is 156 Å². The van der Waals surface area contributed by atoms with Crippen molar-refractivity contribution in [2.75, 3.05) is 31.5 Å². The van der Waals surface area contributed by atoms with Crippen molar-refractivity contribution in [1.82, 2.24) is 15.5 Å². The largest absolute Gasteiger partial charge is 0.495 e. The second kappa shape index (κ2) is 9.53. The molecule has 3 amide bonds. The summed E-state index contributed by atoms with van der Waals surface area (Å²) in [7, 11) is 2.91. The fourth-order valence-electron chi connectivity index (χ4n) is 2.32. The molecule has 1 atom stereocenters. The Kier molecular flexibility index (Phi) is 7.12. The predicted molar refractivity (Wildman–Crippen MR) is 97.7 cm³/mol. The lowest BCUT2D eigenvalue weighted by atomic mass is 10.2. The Bertz CT molecular complexity index is 792. The summed E-state index contributed by atoms with van der Waals surface area (Å²) < 4.78 is 15.1. The summed E-state index contributed by atoms with van der Waals surface area (Å²) in [5, 5.41) is 11.9. The molecule has 0 bridgehead atoms. The number of ether oxygens (including phenoxy) is 2. The van der Waals surface area contributed by atoms with Crippen molar-refractivity contribution in [3.05, 3.63) is 29.9 Å². The van der Waals surface area contributed by atoms with Crippen molar-refractivity contribution in [1.29, 1.82) is 0 Å². The molecule has 0 aliphatic rings. The number of urea groups is 1. The number of hydrogen-bond acceptors (Lipinski definition) is 7. The highest BCUT2D eigenvalue weighted by atomic mass is 16.5. The summed E-state index contributed by atoms with van der Waals surface area (Å²) in [6.45, 7) is 3.50. The van der Waals surface area contributed by atoms with Crippen LogP contribution in [0, 0.1) is 6.92 Å². The molecule has 10 nitrogen and oxygen atoms in total. The van der Waals surface area contributed by atoms with Gasteiger partial charge in [0.25, 0.3) is 0 Å². The molecule has 1 heterocycles. The summed E-state index contributed by atoms with van der Waals surface area (Å²) in [4.78, 5) is 28.2. The zero-order valence-corrected chi connectivity index (χ0v) is 15.7. The van der Waals surface area contributed by atoms with Crippen LogP contribution < -0.4 is 20.7 Å². The standard InChI is InChI=1S/C17H23N5O5/c1-5-12(16-18-10(2)22-27-16)21-17(24)19-11-6-7-14(26-4)13(8-11)20-15(23)9-25-3/h6-8,12H,5,9H2,1-4H3,(H,20,23)(H2,19,21,24)/t12-/m1/s1. The molecule has 0 spiro atoms. The van der Waals surface area contributed by atoms with Gasteiger partial charge in [-0.25, -0.2) is 4.79 Å². The van der Waals surface area contributed by atoms with E-state index in [1.165, 1.54) is 14.2 Å². The predicted octanol–water partition coefficient (Wildman–Crippen LogP) is 2.24. The minimum absolute atomic E-state index is 0.0942. The normalized spacial score (nSPS) is 11.6. The second-order valence-electron chi connectivity index (χ2n) is 5.64. The van der Waals surface area contributed by atoms with Gasteiger partial charge >= 0.3 is 6.03 Å². The van der Waals surface area contributed by atoms with Gasteiger partial charge in [-0.15, -0.1) is 0 Å². The molecule has 27 heavy (non-hydrogen) atoms. The van der Waals surface area contributed by atoms with E-state index >= 15 is 0 Å². The number of hydrogen-bond donors (Lipinski definition) is 3. The van der Waals surface area contributed by atoms with Crippen molar-refractivity contribution in [2.45, 2.75) is 26.3 Å². The molecule has 10 heteroatoms. The summed E-state index contributed by atoms with van der Waals surface area (Å²) >= 11 is 0. The van der Waals surface area contributed by atoms with E-state index in [1.54, 1.807) is 25.1 Å². The maximum absolute atomic E-state index is 12.3. The molecule has 2 aromatic rings. The lowest BCUT2D eigenvalue weighted by molar-refractivity contribution is -0.119. The molecule has 146 valence electrons. The Hall–Kier alpha value is -3.14. The van der Waals surface area contributed by atoms with Gasteiger partial charge in [0.2, 0.25) is 11.8 Å². The molecule has 0 saturated carbocycles. The number of carbonyl (C=O) groups excluding carboxylic acids is 2. The topological polar surface area (TPSA) is 128 Å². The summed E-state index contributed by atoms with van der Waals surface area (Å²) in [6.07, 6.45) is 0.579. The third-order valence-electron chi connectivity index (χ3n) is 3.56. The van der Waals surface area contributed by atoms with E-state index in [1.807, 2.05) is 6.92 Å². The number of nitrogens with zero attached hydrogens (tertiary/aromatic N) is 2. The van der Waals surface area contributed by atoms with Gasteiger partial charge in [-0.05, 0) is 31.5 Å². The van der Waals surface area contributed by atoms with Crippen LogP contribution in [0.5, 0.6) is 5.75 Å². The Morgan fingerprint density at radius 2 is 2.04 bits per heavy atom. The maximum Gasteiger partial charge on any atom is 0.319 e. The minimum atomic E-state index is -0.447. The maximum atomic E-state index is 12.3. The van der Waals surface area contributed by atoms with Crippen molar-refractivity contribution >= 4 is 23.3 Å². The van der Waals surface area contributed by atoms with E-state index in [0.29, 0.717) is 35.3 Å². The molecular weight excluding hydrogens is 354 g/mol. The van der Waals surface area contributed by atoms with Gasteiger partial charge < -0.3 is 29.9 Å². The average Bonchev–Trinajstić information content (AvgIpc) is 3.06. The fourth-order valence-corrected chi connectivity index (χ4v) is 2.32. The van der Waals surface area contributed by atoms with Crippen LogP contribution in [0.2, 0.25) is 0 Å². The highest BCUT2D eigenvalue weighted by Gasteiger charge is 2.19. The van der Waals surface area contributed by atoms with Gasteiger partial charge in [-0.2, -0.15) is 4.98 Å². The number of rotatable bonds is 8. The number of amides is 3. The van der Waals surface area contributed by atoms with Crippen molar-refractivity contribution in [3.8, 4) is 5.75 Å². The number of aryl methyl sites for hydroxylation is 1. The molecule has 1 aromatic heterocycles. The smallest absolute Gasteiger partial charge is 0.319 e. The molecule has 0 radical (unpaired) electrons. The van der Waals surface area contributed by atoms with Crippen LogP contribution in [0.25, 0.3) is 0 Å². The molecule has 0 aliphatic heterocycles. The molecule has 0 unspecified atom stereocenters. The molecule has 1 aromatic carbocycles. The minimum Gasteiger partial charge on any atom is -0.495 e. The van der Waals surface area contributed by atoms with Crippen LogP contribution in [0.4, 0.5) is 16.2 Å². The highest BCUT2D eigenvalue weighted by Crippen LogP contribution is 2.28. The zero-order chi connectivity index (χ0) is 19.8. The monoisotopic (exact) mass is 377 g/mol. The first kappa shape index (κ1) is 20.2. The Balaban J connectivity index is 2.06. The van der Waals surface area contributed by atoms with Crippen LogP contribution >= 0.6 is 0 Å². The van der Waals surface area contributed by atoms with Gasteiger partial charge in [0.05, 0.1) is 12.8 Å². The van der Waals surface area contributed by atoms with Gasteiger partial charge in [0.15, 0.2) is 5.82 Å². The zero-order valence-electron chi connectivity index (χ0n) is 15.7. The number of benzene rings is 1. The van der Waals surface area contributed by atoms with E-state index < -0.39 is 12.1 Å². The number of methoxy groups -OCH3 is 2. The molecule has 0 aliphatic carbocycles. The van der Waals surface area contributed by atoms with Gasteiger partial charge in [-0.1, -0.05) is 12.1 Å². The molecule has 0 saturated heterocycles. The van der Waals surface area contributed by atoms with Crippen LogP contribution in [0.3, 0.4) is 0 Å². The van der Waals surface area contributed by atoms with Gasteiger partial charge in [0, 0.05) is 12.8 Å². The van der Waals surface area contributed by atoms with Crippen molar-refractivity contribution in [2.24, 2.45) is 0 Å². The molecule has 3 N–H and O–H groups in total. The number of nitrogens with one attached hydrogen (secondary N) is 3. The van der Waals surface area contributed by atoms with E-state index in [4.69, 9.17) is 14.0 Å². The third-order valence-corrected chi connectivity index (χ3v) is 3.56. The quantitative estimate of drug-likeness (QED) is 0.643. The van der Waals surface area contributed by atoms with E-state index in [-0.39, 0.29) is 12.5 Å². The van der Waals surface area contributed by atoms with Gasteiger partial charge in [0.1, 0.15) is 18.4 Å². The van der Waals surface area contributed by atoms with Crippen LogP contribution in [0.15, 0.2) is 22.7 Å². The summed E-state index contributed by atoms with van der Waals surface area (Å²) in [5.74, 6) is 0.957. The Morgan fingerprint density at radius 3 is 2.63 bits per heavy atom. The fraction of sp³-hybridized carbons (Fsp3) is 0.412. The molecule has 2 rings (SSSR count). The second-order valence-corrected chi connectivity index (χ2v) is 5.64. The first-order valence-electron chi connectivity index (χ1n) is 8.31. The SMILES string of the molecule is CC[C@@H](NC(=O)Nc1ccc(OC)c(NC(=O)COC)c1)c1nc(C)no1. The molecular formula is C17H23N5O5. The van der Waals surface area contributed by atoms with Crippen LogP contribution in [-0.4, -0.2) is 42.9 Å². The first-order valence-corrected chi connectivity index (χ1v) is 8.31. The molecule has 0 fully saturated rings. The van der Waals surface area contributed by atoms with Crippen molar-refractivity contribution in [3.63, 3.8) is 0 Å². The van der Waals surface area contributed by atoms with E-state index in [0.717, 1.165) is 0 Å². The number of aromatic nitrogens is 2. The first-order chi connectivity index (χ1) is 13.0. The Morgan fingerprint density at radius 1 is 1.26 bits per heavy atom. The van der Waals surface area contributed by atoms with E-state index in [2.05, 4.69) is 26.1 Å². The lowest BCUT2D eigenvalue weighted by Gasteiger charge is -2.15. The third kappa shape index (κ3) is 5.68. The lowest BCUT2D eigenvalue weighted by Crippen LogP contribution is -2.32. The summed E-state index contributed by atoms with van der Waals surface area (Å²) in [6, 6.07) is 4.02. The number of anilines is 2. The van der Waals surface area contributed by atoms with E-state index in [9.17, 15) is 9.59 Å². The van der Waals surface area contributed by atoms with Crippen molar-refractivity contribution < 1.29 is 23.6 Å². The average molecular weight is 377 g/mol. The highest BCUT2D eigenvalue weighted by molar-refractivity contribution is 5.95. The van der Waals surface area contributed by atoms with Crippen LogP contribution in [-0.2, 0) is 9.53 Å². The summed E-state index contributed by atoms with van der Waals surface area (Å²) in [5.41, 5.74) is 0.884.